The molecule has 2 aromatic carbocycles. The fourth-order valence-electron chi connectivity index (χ4n) is 3.83. The van der Waals surface area contributed by atoms with Gasteiger partial charge in [0.15, 0.2) is 0 Å². The van der Waals surface area contributed by atoms with E-state index in [1.807, 2.05) is 13.0 Å². The monoisotopic (exact) mass is 452 g/mol. The second-order valence-electron chi connectivity index (χ2n) is 7.91. The molecule has 33 heavy (non-hydrogen) atoms. The van der Waals surface area contributed by atoms with Gasteiger partial charge in [0.25, 0.3) is 11.5 Å². The van der Waals surface area contributed by atoms with Gasteiger partial charge in [-0.15, -0.1) is 0 Å². The van der Waals surface area contributed by atoms with Crippen molar-refractivity contribution >= 4 is 16.8 Å². The summed E-state index contributed by atoms with van der Waals surface area (Å²) in [7, 11) is 3.09. The van der Waals surface area contributed by atoms with E-state index in [1.54, 1.807) is 48.4 Å². The predicted octanol–water partition coefficient (Wildman–Crippen LogP) is 3.66. The largest absolute Gasteiger partial charge is 0.497 e. The van der Waals surface area contributed by atoms with E-state index in [4.69, 9.17) is 15.2 Å². The van der Waals surface area contributed by atoms with E-state index in [1.165, 1.54) is 7.11 Å². The molecule has 8 nitrogen and oxygen atoms in total. The molecule has 3 N–H and O–H groups in total. The quantitative estimate of drug-likeness (QED) is 0.430. The van der Waals surface area contributed by atoms with Crippen LogP contribution in [0.2, 0.25) is 0 Å². The Morgan fingerprint density at radius 2 is 1.85 bits per heavy atom. The minimum absolute atomic E-state index is 0.198. The van der Waals surface area contributed by atoms with Crippen LogP contribution < -0.4 is 20.8 Å². The molecule has 0 radical (unpaired) electrons. The summed E-state index contributed by atoms with van der Waals surface area (Å²) in [6.45, 7) is 3.04. The number of aromatic nitrogens is 2. The van der Waals surface area contributed by atoms with Gasteiger partial charge in [-0.1, -0.05) is 25.0 Å². The Hall–Kier alpha value is -3.39. The molecule has 176 valence electrons. The van der Waals surface area contributed by atoms with Gasteiger partial charge in [-0.25, -0.2) is 4.98 Å². The number of nitrogens with zero attached hydrogens (tertiary/aromatic N) is 2. The molecule has 3 rings (SSSR count). The van der Waals surface area contributed by atoms with Crippen LogP contribution in [0.25, 0.3) is 10.9 Å². The van der Waals surface area contributed by atoms with Crippen LogP contribution in [0.4, 0.5) is 0 Å². The summed E-state index contributed by atoms with van der Waals surface area (Å²) >= 11 is 0. The molecular weight excluding hydrogens is 420 g/mol. The maximum Gasteiger partial charge on any atom is 0.258 e. The highest BCUT2D eigenvalue weighted by molar-refractivity contribution is 5.97. The highest BCUT2D eigenvalue weighted by atomic mass is 16.5. The number of fused-ring (bicyclic) bond motifs is 1. The predicted molar refractivity (Wildman–Crippen MR) is 129 cm³/mol. The van der Waals surface area contributed by atoms with Gasteiger partial charge in [0.2, 0.25) is 0 Å². The van der Waals surface area contributed by atoms with E-state index in [2.05, 4.69) is 9.97 Å². The molecule has 0 aliphatic carbocycles. The minimum Gasteiger partial charge on any atom is -0.497 e. The van der Waals surface area contributed by atoms with Gasteiger partial charge in [0, 0.05) is 12.6 Å². The molecule has 1 amide bonds. The van der Waals surface area contributed by atoms with Crippen LogP contribution in [-0.2, 0) is 0 Å². The molecule has 0 fully saturated rings. The van der Waals surface area contributed by atoms with Gasteiger partial charge in [0.05, 0.1) is 36.7 Å². The van der Waals surface area contributed by atoms with Crippen molar-refractivity contribution in [3.8, 4) is 11.5 Å². The second-order valence-corrected chi connectivity index (χ2v) is 7.91. The molecule has 1 unspecified atom stereocenters. The summed E-state index contributed by atoms with van der Waals surface area (Å²) in [6, 6.07) is 11.8. The lowest BCUT2D eigenvalue weighted by Crippen LogP contribution is -2.36. The Morgan fingerprint density at radius 3 is 2.58 bits per heavy atom. The van der Waals surface area contributed by atoms with Crippen molar-refractivity contribution in [1.82, 2.24) is 14.9 Å². The number of para-hydroxylation sites is 1. The van der Waals surface area contributed by atoms with Crippen molar-refractivity contribution in [3.63, 3.8) is 0 Å². The topological polar surface area (TPSA) is 111 Å². The van der Waals surface area contributed by atoms with E-state index in [0.29, 0.717) is 46.9 Å². The van der Waals surface area contributed by atoms with E-state index in [9.17, 15) is 9.59 Å². The smallest absolute Gasteiger partial charge is 0.258 e. The molecule has 0 spiro atoms. The molecule has 0 bridgehead atoms. The van der Waals surface area contributed by atoms with Gasteiger partial charge in [-0.2, -0.15) is 0 Å². The summed E-state index contributed by atoms with van der Waals surface area (Å²) in [5.41, 5.74) is 6.40. The summed E-state index contributed by atoms with van der Waals surface area (Å²) < 4.78 is 10.7. The second kappa shape index (κ2) is 11.5. The molecule has 1 aromatic heterocycles. The zero-order valence-electron chi connectivity index (χ0n) is 19.5. The van der Waals surface area contributed by atoms with Crippen molar-refractivity contribution in [2.45, 2.75) is 38.6 Å². The summed E-state index contributed by atoms with van der Waals surface area (Å²) in [5.74, 6) is 1.28. The summed E-state index contributed by atoms with van der Waals surface area (Å²) in [5, 5.41) is 0.518. The zero-order chi connectivity index (χ0) is 23.8. The average molecular weight is 453 g/mol. The number of benzene rings is 2. The number of nitrogens with one attached hydrogen (secondary N) is 1. The van der Waals surface area contributed by atoms with Crippen molar-refractivity contribution in [2.75, 3.05) is 27.3 Å². The number of hydrogen-bond donors (Lipinski definition) is 2. The van der Waals surface area contributed by atoms with Crippen LogP contribution in [-0.4, -0.2) is 48.1 Å². The summed E-state index contributed by atoms with van der Waals surface area (Å²) in [6.07, 6.45) is 3.72. The Balaban J connectivity index is 1.95. The van der Waals surface area contributed by atoms with Gasteiger partial charge in [0.1, 0.15) is 17.3 Å². The lowest BCUT2D eigenvalue weighted by atomic mass is 10.1. The minimum atomic E-state index is -0.448. The number of ether oxygens (including phenoxy) is 2. The molecule has 1 atom stereocenters. The van der Waals surface area contributed by atoms with Crippen molar-refractivity contribution in [2.24, 2.45) is 5.73 Å². The first-order chi connectivity index (χ1) is 16.0. The third-order valence-electron chi connectivity index (χ3n) is 5.75. The highest BCUT2D eigenvalue weighted by Crippen LogP contribution is 2.29. The van der Waals surface area contributed by atoms with Crippen LogP contribution in [0, 0.1) is 0 Å². The molecule has 0 aliphatic heterocycles. The number of nitrogens with two attached hydrogens (primary N) is 1. The number of amides is 1. The van der Waals surface area contributed by atoms with Crippen LogP contribution in [0.3, 0.4) is 0 Å². The Kier molecular flexibility index (Phi) is 8.43. The fourth-order valence-corrected chi connectivity index (χ4v) is 3.83. The van der Waals surface area contributed by atoms with E-state index in [0.717, 1.165) is 25.7 Å². The van der Waals surface area contributed by atoms with E-state index >= 15 is 0 Å². The molecule has 3 aromatic rings. The molecule has 0 aliphatic rings. The van der Waals surface area contributed by atoms with Gasteiger partial charge < -0.3 is 25.1 Å². The van der Waals surface area contributed by atoms with Gasteiger partial charge in [-0.05, 0) is 50.6 Å². The molecule has 0 saturated heterocycles. The van der Waals surface area contributed by atoms with Crippen LogP contribution in [0.5, 0.6) is 11.5 Å². The number of hydrogen-bond acceptors (Lipinski definition) is 6. The zero-order valence-corrected chi connectivity index (χ0v) is 19.5. The summed E-state index contributed by atoms with van der Waals surface area (Å²) in [4.78, 5) is 35.5. The third kappa shape index (κ3) is 5.70. The average Bonchev–Trinajstić information content (AvgIpc) is 2.85. The first-order valence-corrected chi connectivity index (χ1v) is 11.2. The lowest BCUT2D eigenvalue weighted by molar-refractivity contribution is 0.0675. The van der Waals surface area contributed by atoms with Crippen molar-refractivity contribution in [1.29, 1.82) is 0 Å². The standard InChI is InChI=1S/C25H32N4O4/c1-17(23-27-21-11-7-6-10-19(21)24(30)28-23)29(15-9-5-4-8-14-26)25(31)20-13-12-18(32-2)16-22(20)33-3/h6-7,10-13,16-17H,4-5,8-9,14-15,26H2,1-3H3,(H,27,28,30). The Labute approximate surface area is 193 Å². The van der Waals surface area contributed by atoms with Gasteiger partial charge >= 0.3 is 0 Å². The molecule has 0 saturated carbocycles. The number of H-pyrrole nitrogens is 1. The number of carbonyl (C=O) groups excluding carboxylic acids is 1. The van der Waals surface area contributed by atoms with Crippen molar-refractivity contribution in [3.05, 3.63) is 64.2 Å². The van der Waals surface area contributed by atoms with Crippen molar-refractivity contribution < 1.29 is 14.3 Å². The van der Waals surface area contributed by atoms with Gasteiger partial charge in [-0.3, -0.25) is 9.59 Å². The van der Waals surface area contributed by atoms with Crippen LogP contribution >= 0.6 is 0 Å². The van der Waals surface area contributed by atoms with Crippen LogP contribution in [0.1, 0.15) is 54.8 Å². The number of aromatic amines is 1. The number of methoxy groups -OCH3 is 2. The lowest BCUT2D eigenvalue weighted by Gasteiger charge is -2.29. The first-order valence-electron chi connectivity index (χ1n) is 11.2. The maximum absolute atomic E-state index is 13.7. The first kappa shape index (κ1) is 24.3. The normalized spacial score (nSPS) is 11.9. The number of rotatable bonds is 11. The molecule has 1 heterocycles. The fraction of sp³-hybridized carbons (Fsp3) is 0.400. The Morgan fingerprint density at radius 1 is 1.09 bits per heavy atom. The highest BCUT2D eigenvalue weighted by Gasteiger charge is 2.27. The third-order valence-corrected chi connectivity index (χ3v) is 5.75. The van der Waals surface area contributed by atoms with E-state index in [-0.39, 0.29) is 11.5 Å². The van der Waals surface area contributed by atoms with E-state index < -0.39 is 6.04 Å². The number of unbranched alkanes of at least 4 members (excludes halogenated alkanes) is 3. The molecular formula is C25H32N4O4. The Bertz CT molecular complexity index is 1140. The SMILES string of the molecule is COc1ccc(C(=O)N(CCCCCCN)C(C)c2nc3ccccc3c(=O)[nH]2)c(OC)c1. The van der Waals surface area contributed by atoms with Crippen LogP contribution in [0.15, 0.2) is 47.3 Å². The number of carbonyl (C=O) groups is 1. The maximum atomic E-state index is 13.7. The molecule has 8 heteroatoms.